The summed E-state index contributed by atoms with van der Waals surface area (Å²) >= 11 is 0. The summed E-state index contributed by atoms with van der Waals surface area (Å²) in [6.07, 6.45) is 2.54. The first-order chi connectivity index (χ1) is 8.49. The summed E-state index contributed by atoms with van der Waals surface area (Å²) in [6.45, 7) is 12.4. The Bertz CT molecular complexity index is 331. The van der Waals surface area contributed by atoms with E-state index in [-0.39, 0.29) is 0 Å². The smallest absolute Gasteiger partial charge is 0.0210 e. The molecule has 1 aromatic carbocycles. The molecular formula is C17H29N. The monoisotopic (exact) mass is 247 g/mol. The SMILES string of the molecule is Cc1ccccc1CNC(CC(C)C)CC(C)C. The molecule has 0 saturated carbocycles. The molecule has 0 aliphatic heterocycles. The number of nitrogens with one attached hydrogen (secondary N) is 1. The van der Waals surface area contributed by atoms with E-state index in [1.807, 2.05) is 0 Å². The number of benzene rings is 1. The molecule has 0 saturated heterocycles. The van der Waals surface area contributed by atoms with Crippen molar-refractivity contribution in [2.24, 2.45) is 11.8 Å². The largest absolute Gasteiger partial charge is 0.310 e. The fraction of sp³-hybridized carbons (Fsp3) is 0.647. The second-order valence-electron chi connectivity index (χ2n) is 6.26. The lowest BCUT2D eigenvalue weighted by atomic mass is 9.95. The van der Waals surface area contributed by atoms with E-state index in [1.54, 1.807) is 0 Å². The number of hydrogen-bond donors (Lipinski definition) is 1. The van der Waals surface area contributed by atoms with E-state index in [0.717, 1.165) is 18.4 Å². The molecule has 0 amide bonds. The van der Waals surface area contributed by atoms with Gasteiger partial charge in [-0.05, 0) is 42.7 Å². The molecule has 0 aliphatic rings. The van der Waals surface area contributed by atoms with Gasteiger partial charge in [-0.25, -0.2) is 0 Å². The van der Waals surface area contributed by atoms with Crippen molar-refractivity contribution >= 4 is 0 Å². The van der Waals surface area contributed by atoms with Crippen LogP contribution in [0.25, 0.3) is 0 Å². The van der Waals surface area contributed by atoms with Crippen molar-refractivity contribution in [3.05, 3.63) is 35.4 Å². The Kier molecular flexibility index (Phi) is 6.42. The van der Waals surface area contributed by atoms with Gasteiger partial charge in [-0.15, -0.1) is 0 Å². The molecule has 0 atom stereocenters. The zero-order valence-corrected chi connectivity index (χ0v) is 12.7. The first-order valence-corrected chi connectivity index (χ1v) is 7.27. The van der Waals surface area contributed by atoms with E-state index in [4.69, 9.17) is 0 Å². The van der Waals surface area contributed by atoms with E-state index in [2.05, 4.69) is 64.2 Å². The molecular weight excluding hydrogens is 218 g/mol. The Hall–Kier alpha value is -0.820. The highest BCUT2D eigenvalue weighted by Crippen LogP contribution is 2.15. The van der Waals surface area contributed by atoms with E-state index in [1.165, 1.54) is 24.0 Å². The molecule has 18 heavy (non-hydrogen) atoms. The molecule has 0 spiro atoms. The van der Waals surface area contributed by atoms with Gasteiger partial charge in [0.15, 0.2) is 0 Å². The van der Waals surface area contributed by atoms with Crippen LogP contribution in [0.3, 0.4) is 0 Å². The van der Waals surface area contributed by atoms with Gasteiger partial charge in [0.1, 0.15) is 0 Å². The van der Waals surface area contributed by atoms with Crippen LogP contribution in [-0.2, 0) is 6.54 Å². The molecule has 0 aromatic heterocycles. The van der Waals surface area contributed by atoms with Gasteiger partial charge < -0.3 is 5.32 Å². The van der Waals surface area contributed by atoms with Crippen LogP contribution in [0, 0.1) is 18.8 Å². The Morgan fingerprint density at radius 2 is 1.50 bits per heavy atom. The first kappa shape index (κ1) is 15.2. The summed E-state index contributed by atoms with van der Waals surface area (Å²) in [4.78, 5) is 0. The van der Waals surface area contributed by atoms with Crippen molar-refractivity contribution in [3.63, 3.8) is 0 Å². The molecule has 0 bridgehead atoms. The molecule has 0 heterocycles. The maximum absolute atomic E-state index is 3.74. The second kappa shape index (κ2) is 7.58. The minimum absolute atomic E-state index is 0.643. The van der Waals surface area contributed by atoms with Crippen LogP contribution in [0.2, 0.25) is 0 Å². The van der Waals surface area contributed by atoms with Gasteiger partial charge in [0.2, 0.25) is 0 Å². The molecule has 1 N–H and O–H groups in total. The lowest BCUT2D eigenvalue weighted by Gasteiger charge is -2.23. The maximum atomic E-state index is 3.74. The highest BCUT2D eigenvalue weighted by Gasteiger charge is 2.12. The van der Waals surface area contributed by atoms with E-state index < -0.39 is 0 Å². The van der Waals surface area contributed by atoms with Crippen molar-refractivity contribution < 1.29 is 0 Å². The molecule has 0 radical (unpaired) electrons. The summed E-state index contributed by atoms with van der Waals surface area (Å²) in [7, 11) is 0. The topological polar surface area (TPSA) is 12.0 Å². The standard InChI is InChI=1S/C17H29N/c1-13(2)10-17(11-14(3)4)18-12-16-9-7-6-8-15(16)5/h6-9,13-14,17-18H,10-12H2,1-5H3. The number of aryl methyl sites for hydroxylation is 1. The lowest BCUT2D eigenvalue weighted by Crippen LogP contribution is -2.31. The quantitative estimate of drug-likeness (QED) is 0.745. The van der Waals surface area contributed by atoms with Gasteiger partial charge in [-0.2, -0.15) is 0 Å². The number of rotatable bonds is 7. The number of hydrogen-bond acceptors (Lipinski definition) is 1. The zero-order valence-electron chi connectivity index (χ0n) is 12.7. The van der Waals surface area contributed by atoms with Crippen LogP contribution in [0.5, 0.6) is 0 Å². The summed E-state index contributed by atoms with van der Waals surface area (Å²) in [6, 6.07) is 9.30. The van der Waals surface area contributed by atoms with Crippen LogP contribution in [-0.4, -0.2) is 6.04 Å². The molecule has 1 heteroatoms. The zero-order chi connectivity index (χ0) is 13.5. The predicted octanol–water partition coefficient (Wildman–Crippen LogP) is 4.55. The third-order valence-corrected chi connectivity index (χ3v) is 3.35. The molecule has 1 aromatic rings. The van der Waals surface area contributed by atoms with Crippen molar-refractivity contribution in [2.75, 3.05) is 0 Å². The Morgan fingerprint density at radius 3 is 2.00 bits per heavy atom. The Balaban J connectivity index is 2.53. The summed E-state index contributed by atoms with van der Waals surface area (Å²) in [5.41, 5.74) is 2.81. The minimum atomic E-state index is 0.643. The molecule has 0 aliphatic carbocycles. The summed E-state index contributed by atoms with van der Waals surface area (Å²) < 4.78 is 0. The van der Waals surface area contributed by atoms with Gasteiger partial charge >= 0.3 is 0 Å². The van der Waals surface area contributed by atoms with Crippen LogP contribution in [0.4, 0.5) is 0 Å². The Morgan fingerprint density at radius 1 is 0.944 bits per heavy atom. The third-order valence-electron chi connectivity index (χ3n) is 3.35. The van der Waals surface area contributed by atoms with Crippen molar-refractivity contribution in [3.8, 4) is 0 Å². The summed E-state index contributed by atoms with van der Waals surface area (Å²) in [5.74, 6) is 1.52. The Labute approximate surface area is 113 Å². The molecule has 0 unspecified atom stereocenters. The van der Waals surface area contributed by atoms with Gasteiger partial charge in [-0.1, -0.05) is 52.0 Å². The van der Waals surface area contributed by atoms with Gasteiger partial charge in [-0.3, -0.25) is 0 Å². The van der Waals surface area contributed by atoms with Gasteiger partial charge in [0.25, 0.3) is 0 Å². The minimum Gasteiger partial charge on any atom is -0.310 e. The maximum Gasteiger partial charge on any atom is 0.0210 e. The molecule has 0 fully saturated rings. The fourth-order valence-electron chi connectivity index (χ4n) is 2.46. The van der Waals surface area contributed by atoms with Crippen molar-refractivity contribution in [1.82, 2.24) is 5.32 Å². The van der Waals surface area contributed by atoms with Crippen LogP contribution in [0.1, 0.15) is 51.7 Å². The molecule has 1 nitrogen and oxygen atoms in total. The first-order valence-electron chi connectivity index (χ1n) is 7.27. The predicted molar refractivity (Wildman–Crippen MR) is 80.7 cm³/mol. The third kappa shape index (κ3) is 5.68. The lowest BCUT2D eigenvalue weighted by molar-refractivity contribution is 0.358. The average molecular weight is 247 g/mol. The van der Waals surface area contributed by atoms with Gasteiger partial charge in [0, 0.05) is 12.6 Å². The van der Waals surface area contributed by atoms with Crippen LogP contribution < -0.4 is 5.32 Å². The molecule has 1 rings (SSSR count). The van der Waals surface area contributed by atoms with Crippen LogP contribution in [0.15, 0.2) is 24.3 Å². The fourth-order valence-corrected chi connectivity index (χ4v) is 2.46. The summed E-state index contributed by atoms with van der Waals surface area (Å²) in [5, 5.41) is 3.74. The molecule has 102 valence electrons. The average Bonchev–Trinajstić information content (AvgIpc) is 2.26. The van der Waals surface area contributed by atoms with Gasteiger partial charge in [0.05, 0.1) is 0 Å². The highest BCUT2D eigenvalue weighted by atomic mass is 14.9. The van der Waals surface area contributed by atoms with Crippen molar-refractivity contribution in [2.45, 2.75) is 60.0 Å². The normalized spacial score (nSPS) is 11.8. The highest BCUT2D eigenvalue weighted by molar-refractivity contribution is 5.25. The van der Waals surface area contributed by atoms with E-state index in [9.17, 15) is 0 Å². The van der Waals surface area contributed by atoms with Crippen molar-refractivity contribution in [1.29, 1.82) is 0 Å². The van der Waals surface area contributed by atoms with E-state index in [0.29, 0.717) is 6.04 Å². The second-order valence-corrected chi connectivity index (χ2v) is 6.26. The van der Waals surface area contributed by atoms with E-state index >= 15 is 0 Å². The van der Waals surface area contributed by atoms with Crippen LogP contribution >= 0.6 is 0 Å².